The van der Waals surface area contributed by atoms with Crippen LogP contribution in [0.2, 0.25) is 0 Å². The molecule has 0 aliphatic carbocycles. The van der Waals surface area contributed by atoms with Gasteiger partial charge in [0.25, 0.3) is 0 Å². The molecular formula is C18H19F2NO. The van der Waals surface area contributed by atoms with Crippen LogP contribution in [0.4, 0.5) is 8.78 Å². The second-order valence-corrected chi connectivity index (χ2v) is 5.54. The summed E-state index contributed by atoms with van der Waals surface area (Å²) in [6.45, 7) is 1.80. The molecule has 0 amide bonds. The summed E-state index contributed by atoms with van der Waals surface area (Å²) in [6, 6.07) is 13.2. The van der Waals surface area contributed by atoms with E-state index in [-0.39, 0.29) is 6.10 Å². The second-order valence-electron chi connectivity index (χ2n) is 5.54. The van der Waals surface area contributed by atoms with Crippen molar-refractivity contribution in [2.24, 2.45) is 0 Å². The Morgan fingerprint density at radius 3 is 2.41 bits per heavy atom. The van der Waals surface area contributed by atoms with Gasteiger partial charge in [0.1, 0.15) is 17.7 Å². The highest BCUT2D eigenvalue weighted by Gasteiger charge is 2.24. The molecule has 2 aromatic rings. The van der Waals surface area contributed by atoms with Gasteiger partial charge in [-0.05, 0) is 37.6 Å². The number of halogens is 2. The first-order chi connectivity index (χ1) is 10.7. The zero-order chi connectivity index (χ0) is 15.4. The SMILES string of the molecule is Fc1ccc(C(OC2CCNCC2)c2ccccc2)c(F)c1. The largest absolute Gasteiger partial charge is 0.365 e. The monoisotopic (exact) mass is 303 g/mol. The average molecular weight is 303 g/mol. The molecule has 2 aromatic carbocycles. The maximum Gasteiger partial charge on any atom is 0.132 e. The fourth-order valence-corrected chi connectivity index (χ4v) is 2.80. The van der Waals surface area contributed by atoms with E-state index in [0.29, 0.717) is 5.56 Å². The maximum absolute atomic E-state index is 14.2. The minimum atomic E-state index is -0.574. The zero-order valence-corrected chi connectivity index (χ0v) is 12.3. The Bertz CT molecular complexity index is 612. The van der Waals surface area contributed by atoms with E-state index in [1.54, 1.807) is 0 Å². The van der Waals surface area contributed by atoms with Gasteiger partial charge >= 0.3 is 0 Å². The van der Waals surface area contributed by atoms with Gasteiger partial charge in [0.15, 0.2) is 0 Å². The van der Waals surface area contributed by atoms with Crippen LogP contribution in [0.3, 0.4) is 0 Å². The molecule has 116 valence electrons. The molecule has 1 unspecified atom stereocenters. The minimum Gasteiger partial charge on any atom is -0.365 e. The van der Waals surface area contributed by atoms with E-state index in [9.17, 15) is 8.78 Å². The summed E-state index contributed by atoms with van der Waals surface area (Å²) in [6.07, 6.45) is 1.36. The molecule has 1 aliphatic rings. The van der Waals surface area contributed by atoms with Gasteiger partial charge in [0.05, 0.1) is 6.10 Å². The van der Waals surface area contributed by atoms with Crippen LogP contribution in [-0.2, 0) is 4.74 Å². The molecule has 4 heteroatoms. The van der Waals surface area contributed by atoms with Crippen LogP contribution in [0.15, 0.2) is 48.5 Å². The molecule has 22 heavy (non-hydrogen) atoms. The average Bonchev–Trinajstić information content (AvgIpc) is 2.55. The van der Waals surface area contributed by atoms with Crippen molar-refractivity contribution in [2.75, 3.05) is 13.1 Å². The second kappa shape index (κ2) is 6.99. The fraction of sp³-hybridized carbons (Fsp3) is 0.333. The number of nitrogens with one attached hydrogen (secondary N) is 1. The number of hydrogen-bond acceptors (Lipinski definition) is 2. The predicted molar refractivity (Wildman–Crippen MR) is 81.6 cm³/mol. The maximum atomic E-state index is 14.2. The van der Waals surface area contributed by atoms with E-state index in [0.717, 1.165) is 37.6 Å². The highest BCUT2D eigenvalue weighted by molar-refractivity contribution is 5.31. The van der Waals surface area contributed by atoms with Crippen LogP contribution in [0, 0.1) is 11.6 Å². The third kappa shape index (κ3) is 3.51. The van der Waals surface area contributed by atoms with E-state index < -0.39 is 17.7 Å². The standard InChI is InChI=1S/C18H19F2NO/c19-14-6-7-16(17(20)12-14)18(13-4-2-1-3-5-13)22-15-8-10-21-11-9-15/h1-7,12,15,18,21H,8-11H2. The lowest BCUT2D eigenvalue weighted by Gasteiger charge is -2.29. The highest BCUT2D eigenvalue weighted by Crippen LogP contribution is 2.31. The van der Waals surface area contributed by atoms with E-state index in [1.807, 2.05) is 30.3 Å². The van der Waals surface area contributed by atoms with E-state index in [4.69, 9.17) is 4.74 Å². The Balaban J connectivity index is 1.91. The van der Waals surface area contributed by atoms with Crippen molar-refractivity contribution < 1.29 is 13.5 Å². The van der Waals surface area contributed by atoms with Crippen LogP contribution in [0.1, 0.15) is 30.1 Å². The molecule has 1 heterocycles. The lowest BCUT2D eigenvalue weighted by molar-refractivity contribution is -0.00952. The molecule has 0 saturated carbocycles. The summed E-state index contributed by atoms with van der Waals surface area (Å²) in [5, 5.41) is 3.28. The number of hydrogen-bond donors (Lipinski definition) is 1. The highest BCUT2D eigenvalue weighted by atomic mass is 19.1. The molecule has 1 saturated heterocycles. The van der Waals surface area contributed by atoms with Crippen LogP contribution in [0.25, 0.3) is 0 Å². The normalized spacial score (nSPS) is 17.4. The summed E-state index contributed by atoms with van der Waals surface area (Å²) in [5.74, 6) is -1.14. The van der Waals surface area contributed by atoms with Gasteiger partial charge in [0.2, 0.25) is 0 Å². The first kappa shape index (κ1) is 15.1. The van der Waals surface area contributed by atoms with Crippen molar-refractivity contribution in [2.45, 2.75) is 25.0 Å². The van der Waals surface area contributed by atoms with E-state index in [2.05, 4.69) is 5.32 Å². The van der Waals surface area contributed by atoms with Gasteiger partial charge < -0.3 is 10.1 Å². The Kier molecular flexibility index (Phi) is 4.80. The van der Waals surface area contributed by atoms with Crippen molar-refractivity contribution in [1.29, 1.82) is 0 Å². The number of piperidine rings is 1. The van der Waals surface area contributed by atoms with Crippen LogP contribution in [0.5, 0.6) is 0 Å². The van der Waals surface area contributed by atoms with Gasteiger partial charge in [0, 0.05) is 11.6 Å². The predicted octanol–water partition coefficient (Wildman–Crippen LogP) is 3.82. The van der Waals surface area contributed by atoms with Gasteiger partial charge in [-0.25, -0.2) is 8.78 Å². The molecule has 2 nitrogen and oxygen atoms in total. The lowest BCUT2D eigenvalue weighted by Crippen LogP contribution is -2.33. The topological polar surface area (TPSA) is 21.3 Å². The molecule has 1 fully saturated rings. The van der Waals surface area contributed by atoms with Crippen molar-refractivity contribution in [1.82, 2.24) is 5.32 Å². The molecule has 0 spiro atoms. The summed E-state index contributed by atoms with van der Waals surface area (Å²) < 4.78 is 33.6. The third-order valence-corrected chi connectivity index (χ3v) is 3.96. The van der Waals surface area contributed by atoms with Crippen LogP contribution >= 0.6 is 0 Å². The van der Waals surface area contributed by atoms with E-state index >= 15 is 0 Å². The van der Waals surface area contributed by atoms with Crippen molar-refractivity contribution in [3.05, 3.63) is 71.3 Å². The Labute approximate surface area is 129 Å². The summed E-state index contributed by atoms with van der Waals surface area (Å²) in [5.41, 5.74) is 1.26. The fourth-order valence-electron chi connectivity index (χ4n) is 2.80. The Morgan fingerprint density at radius 1 is 1.00 bits per heavy atom. The summed E-state index contributed by atoms with van der Waals surface area (Å²) in [7, 11) is 0. The quantitative estimate of drug-likeness (QED) is 0.927. The lowest BCUT2D eigenvalue weighted by atomic mass is 9.99. The summed E-state index contributed by atoms with van der Waals surface area (Å²) >= 11 is 0. The molecular weight excluding hydrogens is 284 g/mol. The first-order valence-electron chi connectivity index (χ1n) is 7.60. The number of rotatable bonds is 4. The summed E-state index contributed by atoms with van der Waals surface area (Å²) in [4.78, 5) is 0. The number of ether oxygens (including phenoxy) is 1. The molecule has 0 radical (unpaired) electrons. The minimum absolute atomic E-state index is 0.0795. The molecule has 0 aromatic heterocycles. The Hall–Kier alpha value is -1.78. The Morgan fingerprint density at radius 2 is 1.73 bits per heavy atom. The third-order valence-electron chi connectivity index (χ3n) is 3.96. The smallest absolute Gasteiger partial charge is 0.132 e. The van der Waals surface area contributed by atoms with Crippen LogP contribution in [-0.4, -0.2) is 19.2 Å². The van der Waals surface area contributed by atoms with Crippen LogP contribution < -0.4 is 5.32 Å². The molecule has 0 bridgehead atoms. The van der Waals surface area contributed by atoms with Gasteiger partial charge in [-0.15, -0.1) is 0 Å². The van der Waals surface area contributed by atoms with Gasteiger partial charge in [-0.2, -0.15) is 0 Å². The molecule has 1 N–H and O–H groups in total. The van der Waals surface area contributed by atoms with Gasteiger partial charge in [-0.1, -0.05) is 36.4 Å². The van der Waals surface area contributed by atoms with E-state index in [1.165, 1.54) is 12.1 Å². The van der Waals surface area contributed by atoms with Crippen molar-refractivity contribution in [3.8, 4) is 0 Å². The molecule has 1 aliphatic heterocycles. The first-order valence-corrected chi connectivity index (χ1v) is 7.60. The zero-order valence-electron chi connectivity index (χ0n) is 12.3. The molecule has 3 rings (SSSR count). The van der Waals surface area contributed by atoms with Crippen molar-refractivity contribution >= 4 is 0 Å². The van der Waals surface area contributed by atoms with Crippen molar-refractivity contribution in [3.63, 3.8) is 0 Å². The van der Waals surface area contributed by atoms with Gasteiger partial charge in [-0.3, -0.25) is 0 Å². The molecule has 1 atom stereocenters. The number of benzene rings is 2.